The van der Waals surface area contributed by atoms with Crippen LogP contribution in [0.5, 0.6) is 5.75 Å². The second-order valence-electron chi connectivity index (χ2n) is 9.77. The monoisotopic (exact) mass is 522 g/mol. The number of nitrogens with zero attached hydrogens (tertiary/aromatic N) is 2. The lowest BCUT2D eigenvalue weighted by molar-refractivity contribution is -0.144. The highest BCUT2D eigenvalue weighted by Gasteiger charge is 2.31. The van der Waals surface area contributed by atoms with E-state index in [2.05, 4.69) is 9.80 Å². The molecule has 5 nitrogen and oxygen atoms in total. The second kappa shape index (κ2) is 11.9. The molecule has 8 heteroatoms. The minimum atomic E-state index is -0.814. The molecule has 35 heavy (non-hydrogen) atoms. The maximum atomic E-state index is 13.2. The van der Waals surface area contributed by atoms with Gasteiger partial charge in [-0.05, 0) is 93.4 Å². The number of rotatable bonds is 8. The number of hydrogen-bond donors (Lipinski definition) is 1. The first-order valence-corrected chi connectivity index (χ1v) is 13.1. The molecule has 2 saturated heterocycles. The van der Waals surface area contributed by atoms with Crippen LogP contribution in [0.25, 0.3) is 0 Å². The van der Waals surface area contributed by atoms with E-state index in [0.29, 0.717) is 28.1 Å². The first-order valence-electron chi connectivity index (χ1n) is 12.3. The Labute approximate surface area is 216 Å². The molecule has 2 aromatic carbocycles. The summed E-state index contributed by atoms with van der Waals surface area (Å²) < 4.78 is 19.4. The molecular formula is C27H33Cl2FN2O3. The quantitative estimate of drug-likeness (QED) is 0.482. The smallest absolute Gasteiger partial charge is 0.321 e. The van der Waals surface area contributed by atoms with Gasteiger partial charge in [-0.3, -0.25) is 9.69 Å². The van der Waals surface area contributed by atoms with E-state index in [-0.39, 0.29) is 11.9 Å². The van der Waals surface area contributed by atoms with E-state index in [9.17, 15) is 14.3 Å². The summed E-state index contributed by atoms with van der Waals surface area (Å²) in [4.78, 5) is 16.5. The van der Waals surface area contributed by atoms with Gasteiger partial charge in [0.15, 0.2) is 0 Å². The molecule has 0 spiro atoms. The Morgan fingerprint density at radius 2 is 1.71 bits per heavy atom. The number of piperidine rings is 2. The molecule has 2 aromatic rings. The number of ether oxygens (including phenoxy) is 1. The Hall–Kier alpha value is -1.86. The van der Waals surface area contributed by atoms with Crippen molar-refractivity contribution in [3.63, 3.8) is 0 Å². The van der Waals surface area contributed by atoms with E-state index in [1.165, 1.54) is 12.1 Å². The standard InChI is InChI=1S/C27H33Cl2FN2O3/c1-18-23(28)6-7-25(26(18)29)35-22-10-12-31(13-11-22)17-20-8-14-32(15-9-20)24(27(33)34)16-19-2-4-21(30)5-3-19/h2-7,20,22,24H,8-17H2,1H3,(H,33,34)/t24-/m0/s1. The Bertz CT molecular complexity index is 1000. The van der Waals surface area contributed by atoms with Gasteiger partial charge in [0, 0.05) is 24.7 Å². The molecule has 2 fully saturated rings. The fourth-order valence-electron chi connectivity index (χ4n) is 5.15. The summed E-state index contributed by atoms with van der Waals surface area (Å²) in [6.07, 6.45) is 4.43. The van der Waals surface area contributed by atoms with Crippen LogP contribution in [-0.2, 0) is 11.2 Å². The van der Waals surface area contributed by atoms with E-state index in [4.69, 9.17) is 27.9 Å². The zero-order valence-corrected chi connectivity index (χ0v) is 21.6. The molecule has 2 aliphatic heterocycles. The van der Waals surface area contributed by atoms with Gasteiger partial charge in [0.2, 0.25) is 0 Å². The third-order valence-electron chi connectivity index (χ3n) is 7.35. The molecule has 0 aliphatic carbocycles. The average molecular weight is 523 g/mol. The highest BCUT2D eigenvalue weighted by Crippen LogP contribution is 2.34. The Morgan fingerprint density at radius 3 is 2.34 bits per heavy atom. The van der Waals surface area contributed by atoms with Crippen molar-refractivity contribution in [3.05, 3.63) is 63.4 Å². The second-order valence-corrected chi connectivity index (χ2v) is 10.6. The molecule has 2 aliphatic rings. The number of carbonyl (C=O) groups is 1. The van der Waals surface area contributed by atoms with Gasteiger partial charge < -0.3 is 14.7 Å². The predicted molar refractivity (Wildman–Crippen MR) is 137 cm³/mol. The summed E-state index contributed by atoms with van der Waals surface area (Å²) in [6, 6.07) is 9.23. The van der Waals surface area contributed by atoms with Gasteiger partial charge in [-0.1, -0.05) is 35.3 Å². The molecule has 0 amide bonds. The number of aliphatic carboxylic acids is 1. The lowest BCUT2D eigenvalue weighted by Crippen LogP contribution is -2.48. The van der Waals surface area contributed by atoms with Crippen LogP contribution < -0.4 is 4.74 Å². The van der Waals surface area contributed by atoms with E-state index >= 15 is 0 Å². The number of carboxylic acid groups (broad SMARTS) is 1. The maximum Gasteiger partial charge on any atom is 0.321 e. The summed E-state index contributed by atoms with van der Waals surface area (Å²) in [5.41, 5.74) is 1.69. The Balaban J connectivity index is 1.22. The van der Waals surface area contributed by atoms with E-state index in [1.807, 2.05) is 19.1 Å². The number of hydrogen-bond acceptors (Lipinski definition) is 4. The third-order valence-corrected chi connectivity index (χ3v) is 8.23. The fraction of sp³-hybridized carbons (Fsp3) is 0.519. The average Bonchev–Trinajstić information content (AvgIpc) is 2.85. The summed E-state index contributed by atoms with van der Waals surface area (Å²) in [6.45, 7) is 6.45. The van der Waals surface area contributed by atoms with Gasteiger partial charge in [0.25, 0.3) is 0 Å². The van der Waals surface area contributed by atoms with Crippen molar-refractivity contribution in [2.24, 2.45) is 5.92 Å². The van der Waals surface area contributed by atoms with Crippen molar-refractivity contribution in [3.8, 4) is 5.75 Å². The molecular weight excluding hydrogens is 490 g/mol. The molecule has 0 aromatic heterocycles. The van der Waals surface area contributed by atoms with Gasteiger partial charge in [-0.2, -0.15) is 0 Å². The minimum absolute atomic E-state index is 0.147. The Kier molecular flexibility index (Phi) is 8.92. The highest BCUT2D eigenvalue weighted by atomic mass is 35.5. The molecule has 0 saturated carbocycles. The van der Waals surface area contributed by atoms with Crippen molar-refractivity contribution in [2.45, 2.75) is 51.2 Å². The van der Waals surface area contributed by atoms with E-state index in [0.717, 1.165) is 69.5 Å². The summed E-state index contributed by atoms with van der Waals surface area (Å²) in [7, 11) is 0. The van der Waals surface area contributed by atoms with Gasteiger partial charge >= 0.3 is 5.97 Å². The summed E-state index contributed by atoms with van der Waals surface area (Å²) in [5.74, 6) is 0.150. The third kappa shape index (κ3) is 6.88. The van der Waals surface area contributed by atoms with Crippen LogP contribution in [0.3, 0.4) is 0 Å². The SMILES string of the molecule is Cc1c(Cl)ccc(OC2CCN(CC3CCN([C@@H](Cc4ccc(F)cc4)C(=O)O)CC3)CC2)c1Cl. The van der Waals surface area contributed by atoms with Gasteiger partial charge in [0.05, 0.1) is 5.02 Å². The van der Waals surface area contributed by atoms with Crippen molar-refractivity contribution < 1.29 is 19.0 Å². The van der Waals surface area contributed by atoms with Crippen molar-refractivity contribution in [2.75, 3.05) is 32.7 Å². The molecule has 0 radical (unpaired) electrons. The normalized spacial score (nSPS) is 19.5. The van der Waals surface area contributed by atoms with Crippen LogP contribution in [0, 0.1) is 18.7 Å². The first-order chi connectivity index (χ1) is 16.8. The fourth-order valence-corrected chi connectivity index (χ4v) is 5.56. The number of benzene rings is 2. The maximum absolute atomic E-state index is 13.2. The molecule has 1 atom stereocenters. The van der Waals surface area contributed by atoms with Crippen LogP contribution >= 0.6 is 23.2 Å². The van der Waals surface area contributed by atoms with Crippen LogP contribution in [0.1, 0.15) is 36.8 Å². The molecule has 1 N–H and O–H groups in total. The van der Waals surface area contributed by atoms with Gasteiger partial charge in [0.1, 0.15) is 23.7 Å². The zero-order chi connectivity index (χ0) is 24.9. The Morgan fingerprint density at radius 1 is 1.06 bits per heavy atom. The highest BCUT2D eigenvalue weighted by molar-refractivity contribution is 6.36. The van der Waals surface area contributed by atoms with E-state index in [1.54, 1.807) is 12.1 Å². The summed E-state index contributed by atoms with van der Waals surface area (Å²) >= 11 is 12.5. The lowest BCUT2D eigenvalue weighted by Gasteiger charge is -2.39. The van der Waals surface area contributed by atoms with Crippen molar-refractivity contribution in [1.29, 1.82) is 0 Å². The number of halogens is 3. The number of likely N-dealkylation sites (tertiary alicyclic amines) is 2. The van der Waals surface area contributed by atoms with Crippen LogP contribution in [0.4, 0.5) is 4.39 Å². The van der Waals surface area contributed by atoms with Crippen LogP contribution in [0.2, 0.25) is 10.0 Å². The van der Waals surface area contributed by atoms with E-state index < -0.39 is 12.0 Å². The minimum Gasteiger partial charge on any atom is -0.489 e. The lowest BCUT2D eigenvalue weighted by atomic mass is 9.93. The first kappa shape index (κ1) is 26.2. The van der Waals surface area contributed by atoms with Gasteiger partial charge in [-0.25, -0.2) is 4.39 Å². The van der Waals surface area contributed by atoms with Crippen LogP contribution in [0.15, 0.2) is 36.4 Å². The molecule has 0 bridgehead atoms. The summed E-state index contributed by atoms with van der Waals surface area (Å²) in [5, 5.41) is 11.0. The van der Waals surface area contributed by atoms with Crippen molar-refractivity contribution >= 4 is 29.2 Å². The molecule has 0 unspecified atom stereocenters. The molecule has 4 rings (SSSR count). The zero-order valence-electron chi connectivity index (χ0n) is 20.1. The largest absolute Gasteiger partial charge is 0.489 e. The van der Waals surface area contributed by atoms with Gasteiger partial charge in [-0.15, -0.1) is 0 Å². The van der Waals surface area contributed by atoms with Crippen LogP contribution in [-0.4, -0.2) is 65.7 Å². The topological polar surface area (TPSA) is 53.0 Å². The predicted octanol–water partition coefficient (Wildman–Crippen LogP) is 5.69. The number of carboxylic acids is 1. The molecule has 190 valence electrons. The van der Waals surface area contributed by atoms with Crippen molar-refractivity contribution in [1.82, 2.24) is 9.80 Å². The molecule has 2 heterocycles.